The van der Waals surface area contributed by atoms with Gasteiger partial charge in [0.25, 0.3) is 0 Å². The van der Waals surface area contributed by atoms with E-state index in [9.17, 15) is 13.2 Å². The Morgan fingerprint density at radius 3 is 2.00 bits per heavy atom. The SMILES string of the molecule is CC.CC.CC(c1cccnc1)C(F)(F)F.CC1COC(C)(C)C1. The molecule has 1 aromatic rings. The molecule has 0 amide bonds. The molecule has 0 saturated carbocycles. The lowest BCUT2D eigenvalue weighted by Crippen LogP contribution is -2.17. The van der Waals surface area contributed by atoms with Crippen LogP contribution < -0.4 is 0 Å². The molecule has 2 nitrogen and oxygen atoms in total. The van der Waals surface area contributed by atoms with Crippen LogP contribution in [0.4, 0.5) is 13.2 Å². The third kappa shape index (κ3) is 10.6. The molecule has 0 N–H and O–H groups in total. The maximum Gasteiger partial charge on any atom is 0.395 e. The number of ether oxygens (including phenoxy) is 1. The predicted octanol–water partition coefficient (Wildman–Crippen LogP) is 6.62. The van der Waals surface area contributed by atoms with E-state index >= 15 is 0 Å². The zero-order chi connectivity index (χ0) is 19.4. The zero-order valence-electron chi connectivity index (χ0n) is 16.4. The minimum absolute atomic E-state index is 0.166. The van der Waals surface area contributed by atoms with Crippen molar-refractivity contribution in [2.75, 3.05) is 6.61 Å². The minimum atomic E-state index is -4.18. The molecule has 1 saturated heterocycles. The van der Waals surface area contributed by atoms with E-state index in [1.807, 2.05) is 27.7 Å². The number of aromatic nitrogens is 1. The van der Waals surface area contributed by atoms with Gasteiger partial charge in [0, 0.05) is 19.0 Å². The molecule has 0 radical (unpaired) electrons. The third-order valence-electron chi connectivity index (χ3n) is 3.27. The highest BCUT2D eigenvalue weighted by atomic mass is 19.4. The van der Waals surface area contributed by atoms with Gasteiger partial charge in [0.05, 0.1) is 11.5 Å². The van der Waals surface area contributed by atoms with Crippen molar-refractivity contribution in [1.29, 1.82) is 0 Å². The Kier molecular flexibility index (Phi) is 12.9. The monoisotopic (exact) mass is 349 g/mol. The molecule has 0 bridgehead atoms. The highest BCUT2D eigenvalue weighted by molar-refractivity contribution is 5.15. The number of hydrogen-bond donors (Lipinski definition) is 0. The summed E-state index contributed by atoms with van der Waals surface area (Å²) >= 11 is 0. The van der Waals surface area contributed by atoms with Crippen LogP contribution in [0.25, 0.3) is 0 Å². The summed E-state index contributed by atoms with van der Waals surface area (Å²) in [7, 11) is 0. The molecule has 5 heteroatoms. The van der Waals surface area contributed by atoms with Gasteiger partial charge in [0.1, 0.15) is 0 Å². The van der Waals surface area contributed by atoms with Gasteiger partial charge in [-0.2, -0.15) is 13.2 Å². The number of nitrogens with zero attached hydrogens (tertiary/aromatic N) is 1. The van der Waals surface area contributed by atoms with Crippen LogP contribution >= 0.6 is 0 Å². The molecule has 1 fully saturated rings. The molecule has 1 aliphatic rings. The first-order valence-electron chi connectivity index (χ1n) is 8.72. The topological polar surface area (TPSA) is 22.1 Å². The van der Waals surface area contributed by atoms with Gasteiger partial charge in [-0.3, -0.25) is 4.98 Å². The van der Waals surface area contributed by atoms with E-state index in [4.69, 9.17) is 4.74 Å². The first kappa shape index (κ1) is 25.1. The van der Waals surface area contributed by atoms with Crippen LogP contribution in [-0.4, -0.2) is 23.4 Å². The Hall–Kier alpha value is -1.10. The Morgan fingerprint density at radius 1 is 1.21 bits per heavy atom. The van der Waals surface area contributed by atoms with Crippen LogP contribution in [0.1, 0.15) is 73.3 Å². The van der Waals surface area contributed by atoms with Crippen molar-refractivity contribution in [3.8, 4) is 0 Å². The summed E-state index contributed by atoms with van der Waals surface area (Å²) < 4.78 is 41.8. The molecule has 1 aromatic heterocycles. The summed E-state index contributed by atoms with van der Waals surface area (Å²) in [6.45, 7) is 16.6. The molecular weight excluding hydrogens is 315 g/mol. The first-order valence-corrected chi connectivity index (χ1v) is 8.72. The zero-order valence-corrected chi connectivity index (χ0v) is 16.4. The summed E-state index contributed by atoms with van der Waals surface area (Å²) in [6, 6.07) is 2.92. The minimum Gasteiger partial charge on any atom is -0.375 e. The highest BCUT2D eigenvalue weighted by Crippen LogP contribution is 2.33. The largest absolute Gasteiger partial charge is 0.395 e. The number of pyridine rings is 1. The molecule has 24 heavy (non-hydrogen) atoms. The molecule has 0 aliphatic carbocycles. The molecule has 1 aliphatic heterocycles. The lowest BCUT2D eigenvalue weighted by Gasteiger charge is -2.14. The van der Waals surface area contributed by atoms with Crippen molar-refractivity contribution >= 4 is 0 Å². The Balaban J connectivity index is 0. The number of halogens is 3. The van der Waals surface area contributed by atoms with E-state index in [1.165, 1.54) is 30.9 Å². The maximum absolute atomic E-state index is 12.1. The van der Waals surface area contributed by atoms with Gasteiger partial charge in [0.15, 0.2) is 0 Å². The molecule has 2 atom stereocenters. The smallest absolute Gasteiger partial charge is 0.375 e. The fraction of sp³-hybridized carbons (Fsp3) is 0.737. The van der Waals surface area contributed by atoms with Crippen molar-refractivity contribution in [2.45, 2.75) is 79.5 Å². The van der Waals surface area contributed by atoms with E-state index < -0.39 is 12.1 Å². The van der Waals surface area contributed by atoms with Crippen LogP contribution in [0, 0.1) is 5.92 Å². The highest BCUT2D eigenvalue weighted by Gasteiger charge is 2.36. The number of hydrogen-bond acceptors (Lipinski definition) is 2. The average Bonchev–Trinajstić information content (AvgIpc) is 2.88. The predicted molar refractivity (Wildman–Crippen MR) is 95.2 cm³/mol. The van der Waals surface area contributed by atoms with Gasteiger partial charge in [-0.1, -0.05) is 40.7 Å². The van der Waals surface area contributed by atoms with Gasteiger partial charge in [-0.15, -0.1) is 0 Å². The lowest BCUT2D eigenvalue weighted by atomic mass is 10.00. The average molecular weight is 349 g/mol. The molecule has 2 rings (SSSR count). The van der Waals surface area contributed by atoms with Crippen LogP contribution in [0.15, 0.2) is 24.5 Å². The molecule has 2 heterocycles. The van der Waals surface area contributed by atoms with Crippen LogP contribution in [-0.2, 0) is 4.74 Å². The fourth-order valence-electron chi connectivity index (χ4n) is 2.15. The normalized spacial score (nSPS) is 19.5. The van der Waals surface area contributed by atoms with Gasteiger partial charge in [-0.05, 0) is 44.7 Å². The molecule has 2 unspecified atom stereocenters. The second-order valence-electron chi connectivity index (χ2n) is 5.93. The molecule has 0 spiro atoms. The van der Waals surface area contributed by atoms with Crippen LogP contribution in [0.3, 0.4) is 0 Å². The lowest BCUT2D eigenvalue weighted by molar-refractivity contribution is -0.146. The van der Waals surface area contributed by atoms with Crippen LogP contribution in [0.5, 0.6) is 0 Å². The van der Waals surface area contributed by atoms with E-state index in [0.29, 0.717) is 0 Å². The Bertz CT molecular complexity index is 405. The van der Waals surface area contributed by atoms with E-state index in [-0.39, 0.29) is 11.2 Å². The van der Waals surface area contributed by atoms with Gasteiger partial charge in [0.2, 0.25) is 0 Å². The van der Waals surface area contributed by atoms with E-state index in [0.717, 1.165) is 19.4 Å². The number of rotatable bonds is 1. The quantitative estimate of drug-likeness (QED) is 0.568. The number of alkyl halides is 3. The van der Waals surface area contributed by atoms with Crippen molar-refractivity contribution in [1.82, 2.24) is 4.98 Å². The summed E-state index contributed by atoms with van der Waals surface area (Å²) in [5, 5.41) is 0. The summed E-state index contributed by atoms with van der Waals surface area (Å²) in [5.74, 6) is -0.670. The third-order valence-corrected chi connectivity index (χ3v) is 3.27. The van der Waals surface area contributed by atoms with Gasteiger partial charge in [-0.25, -0.2) is 0 Å². The maximum atomic E-state index is 12.1. The van der Waals surface area contributed by atoms with Crippen molar-refractivity contribution in [3.63, 3.8) is 0 Å². The Labute approximate surface area is 145 Å². The van der Waals surface area contributed by atoms with Gasteiger partial charge < -0.3 is 4.74 Å². The van der Waals surface area contributed by atoms with Crippen molar-refractivity contribution in [2.24, 2.45) is 5.92 Å². The summed E-state index contributed by atoms with van der Waals surface area (Å²) in [5.41, 5.74) is 0.365. The first-order chi connectivity index (χ1) is 11.1. The standard InChI is InChI=1S/C8H8F3N.C7H14O.2C2H6/c1-6(8(9,10)11)7-3-2-4-12-5-7;1-6-4-7(2,3)8-5-6;2*1-2/h2-6H,1H3;6H,4-5H2,1-3H3;2*1-2H3. The second kappa shape index (κ2) is 12.3. The molecule has 142 valence electrons. The van der Waals surface area contributed by atoms with E-state index in [1.54, 1.807) is 0 Å². The van der Waals surface area contributed by atoms with Gasteiger partial charge >= 0.3 is 6.18 Å². The van der Waals surface area contributed by atoms with Crippen molar-refractivity contribution in [3.05, 3.63) is 30.1 Å². The summed E-state index contributed by atoms with van der Waals surface area (Å²) in [6.07, 6.45) is -0.277. The van der Waals surface area contributed by atoms with E-state index in [2.05, 4.69) is 25.8 Å². The second-order valence-corrected chi connectivity index (χ2v) is 5.93. The summed E-state index contributed by atoms with van der Waals surface area (Å²) in [4.78, 5) is 3.62. The molecular formula is C19H34F3NO. The Morgan fingerprint density at radius 2 is 1.75 bits per heavy atom. The fourth-order valence-corrected chi connectivity index (χ4v) is 2.15. The van der Waals surface area contributed by atoms with Crippen LogP contribution in [0.2, 0.25) is 0 Å². The molecule has 0 aromatic carbocycles. The van der Waals surface area contributed by atoms with Crippen molar-refractivity contribution < 1.29 is 17.9 Å².